The van der Waals surface area contributed by atoms with Crippen molar-refractivity contribution in [3.05, 3.63) is 35.9 Å². The number of likely N-dealkylation sites (N-methyl/N-ethyl adjacent to an activating group) is 1. The summed E-state index contributed by atoms with van der Waals surface area (Å²) in [6, 6.07) is 10.1. The molecule has 140 valence electrons. The van der Waals surface area contributed by atoms with Gasteiger partial charge in [-0.25, -0.2) is 0 Å². The first-order valence-electron chi connectivity index (χ1n) is 9.37. The molecule has 1 aromatic rings. The van der Waals surface area contributed by atoms with Crippen LogP contribution in [0.3, 0.4) is 0 Å². The number of morpholine rings is 1. The summed E-state index contributed by atoms with van der Waals surface area (Å²) in [4.78, 5) is 26.8. The van der Waals surface area contributed by atoms with Crippen molar-refractivity contribution in [1.29, 1.82) is 0 Å². The van der Waals surface area contributed by atoms with Crippen LogP contribution in [-0.4, -0.2) is 60.9 Å². The van der Waals surface area contributed by atoms with Crippen molar-refractivity contribution >= 4 is 11.9 Å². The molecule has 3 fully saturated rings. The van der Waals surface area contributed by atoms with Gasteiger partial charge in [0.2, 0.25) is 0 Å². The summed E-state index contributed by atoms with van der Waals surface area (Å²) in [5.74, 6) is -1.22. The quantitative estimate of drug-likeness (QED) is 0.571. The highest BCUT2D eigenvalue weighted by molar-refractivity contribution is 5.79. The molecule has 0 N–H and O–H groups in total. The molecule has 6 heteroatoms. The molecule has 0 spiro atoms. The molecule has 0 radical (unpaired) electrons. The Balaban J connectivity index is 1.42. The normalized spacial score (nSPS) is 33.2. The molecule has 0 amide bonds. The number of nitrogens with zero attached hydrogens (tertiary/aromatic N) is 1. The molecule has 3 aliphatic heterocycles. The van der Waals surface area contributed by atoms with Crippen LogP contribution in [0.25, 0.3) is 0 Å². The van der Waals surface area contributed by atoms with E-state index in [2.05, 4.69) is 11.9 Å². The van der Waals surface area contributed by atoms with Crippen LogP contribution in [0.15, 0.2) is 30.3 Å². The Morgan fingerprint density at radius 2 is 1.85 bits per heavy atom. The number of hydrogen-bond donors (Lipinski definition) is 0. The van der Waals surface area contributed by atoms with Crippen molar-refractivity contribution in [1.82, 2.24) is 4.90 Å². The molecular weight excluding hydrogens is 334 g/mol. The SMILES string of the molecule is CCC(=O)OCC(C(=O)OC1C[C@@H]2C3OC3[C@H](C1)N2C)c1ccccc1. The van der Waals surface area contributed by atoms with E-state index in [0.717, 1.165) is 18.4 Å². The number of rotatable bonds is 6. The van der Waals surface area contributed by atoms with Crippen LogP contribution in [0.4, 0.5) is 0 Å². The summed E-state index contributed by atoms with van der Waals surface area (Å²) in [7, 11) is 2.12. The lowest BCUT2D eigenvalue weighted by atomic mass is 9.97. The summed E-state index contributed by atoms with van der Waals surface area (Å²) in [6.07, 6.45) is 2.41. The standard InChI is InChI=1S/C20H25NO5/c1-3-17(22)24-11-14(12-7-5-4-6-8-12)20(23)25-13-9-15-18-19(26-18)16(10-13)21(15)2/h4-8,13-16,18-19H,3,9-11H2,1-2H3/t13?,14?,15-,16+,18?,19?. The molecule has 0 aliphatic carbocycles. The third-order valence-electron chi connectivity index (χ3n) is 5.84. The Morgan fingerprint density at radius 3 is 2.46 bits per heavy atom. The third kappa shape index (κ3) is 3.23. The lowest BCUT2D eigenvalue weighted by molar-refractivity contribution is -0.159. The second kappa shape index (κ2) is 7.00. The van der Waals surface area contributed by atoms with E-state index >= 15 is 0 Å². The first-order valence-corrected chi connectivity index (χ1v) is 9.37. The highest BCUT2D eigenvalue weighted by Gasteiger charge is 2.62. The van der Waals surface area contributed by atoms with Crippen molar-refractivity contribution in [2.75, 3.05) is 13.7 Å². The number of esters is 2. The maximum atomic E-state index is 12.9. The van der Waals surface area contributed by atoms with Crippen molar-refractivity contribution in [3.8, 4) is 0 Å². The van der Waals surface area contributed by atoms with Gasteiger partial charge in [-0.05, 0) is 12.6 Å². The zero-order valence-corrected chi connectivity index (χ0v) is 15.2. The van der Waals surface area contributed by atoms with Gasteiger partial charge in [-0.2, -0.15) is 0 Å². The van der Waals surface area contributed by atoms with E-state index in [1.807, 2.05) is 30.3 Å². The minimum atomic E-state index is -0.588. The average Bonchev–Trinajstić information content (AvgIpc) is 3.41. The summed E-state index contributed by atoms with van der Waals surface area (Å²) in [5.41, 5.74) is 0.809. The second-order valence-corrected chi connectivity index (χ2v) is 7.40. The van der Waals surface area contributed by atoms with Crippen molar-refractivity contribution in [2.45, 2.75) is 62.5 Å². The Hall–Kier alpha value is -1.92. The van der Waals surface area contributed by atoms with Gasteiger partial charge in [0.25, 0.3) is 0 Å². The van der Waals surface area contributed by atoms with E-state index in [0.29, 0.717) is 24.3 Å². The zero-order valence-electron chi connectivity index (χ0n) is 15.2. The van der Waals surface area contributed by atoms with E-state index in [1.165, 1.54) is 0 Å². The molecule has 26 heavy (non-hydrogen) atoms. The van der Waals surface area contributed by atoms with Gasteiger partial charge in [-0.15, -0.1) is 0 Å². The van der Waals surface area contributed by atoms with E-state index < -0.39 is 5.92 Å². The summed E-state index contributed by atoms with van der Waals surface area (Å²) in [5, 5.41) is 0. The molecule has 6 atom stereocenters. The Bertz CT molecular complexity index is 660. The number of carbonyl (C=O) groups is 2. The fourth-order valence-electron chi connectivity index (χ4n) is 4.31. The third-order valence-corrected chi connectivity index (χ3v) is 5.84. The molecule has 4 rings (SSSR count). The first-order chi connectivity index (χ1) is 12.6. The lowest BCUT2D eigenvalue weighted by Gasteiger charge is -2.38. The van der Waals surface area contributed by atoms with Gasteiger partial charge in [-0.3, -0.25) is 14.5 Å². The van der Waals surface area contributed by atoms with Gasteiger partial charge in [-0.1, -0.05) is 37.3 Å². The number of hydrogen-bond acceptors (Lipinski definition) is 6. The molecule has 3 heterocycles. The monoisotopic (exact) mass is 359 g/mol. The van der Waals surface area contributed by atoms with Gasteiger partial charge in [0, 0.05) is 31.3 Å². The Kier molecular flexibility index (Phi) is 4.71. The van der Waals surface area contributed by atoms with Crippen molar-refractivity contribution in [2.24, 2.45) is 0 Å². The average molecular weight is 359 g/mol. The first kappa shape index (κ1) is 17.5. The predicted octanol–water partition coefficient (Wildman–Crippen LogP) is 1.88. The highest BCUT2D eigenvalue weighted by atomic mass is 16.6. The summed E-state index contributed by atoms with van der Waals surface area (Å²) >= 11 is 0. The fourth-order valence-corrected chi connectivity index (χ4v) is 4.31. The van der Waals surface area contributed by atoms with Crippen LogP contribution in [0.5, 0.6) is 0 Å². The minimum absolute atomic E-state index is 0.0172. The topological polar surface area (TPSA) is 68.4 Å². The number of ether oxygens (including phenoxy) is 3. The fraction of sp³-hybridized carbons (Fsp3) is 0.600. The highest BCUT2D eigenvalue weighted by Crippen LogP contribution is 2.48. The van der Waals surface area contributed by atoms with E-state index in [4.69, 9.17) is 14.2 Å². The van der Waals surface area contributed by atoms with Gasteiger partial charge in [0.15, 0.2) is 0 Å². The molecule has 1 aromatic carbocycles. The molecule has 0 aromatic heterocycles. The smallest absolute Gasteiger partial charge is 0.317 e. The van der Waals surface area contributed by atoms with Gasteiger partial charge >= 0.3 is 11.9 Å². The number of fused-ring (bicyclic) bond motifs is 5. The van der Waals surface area contributed by atoms with Crippen molar-refractivity contribution in [3.63, 3.8) is 0 Å². The van der Waals surface area contributed by atoms with Crippen LogP contribution >= 0.6 is 0 Å². The van der Waals surface area contributed by atoms with Crippen molar-refractivity contribution < 1.29 is 23.8 Å². The van der Waals surface area contributed by atoms with E-state index in [1.54, 1.807) is 6.92 Å². The summed E-state index contributed by atoms with van der Waals surface area (Å²) < 4.78 is 16.8. The molecular formula is C20H25NO5. The molecule has 4 unspecified atom stereocenters. The molecule has 6 nitrogen and oxygen atoms in total. The minimum Gasteiger partial charge on any atom is -0.464 e. The van der Waals surface area contributed by atoms with Crippen LogP contribution in [0.2, 0.25) is 0 Å². The molecule has 3 aliphatic rings. The second-order valence-electron chi connectivity index (χ2n) is 7.40. The molecule has 2 bridgehead atoms. The maximum absolute atomic E-state index is 12.9. The van der Waals surface area contributed by atoms with E-state index in [-0.39, 0.29) is 31.1 Å². The van der Waals surface area contributed by atoms with Crippen LogP contribution < -0.4 is 0 Å². The molecule has 3 saturated heterocycles. The Morgan fingerprint density at radius 1 is 1.19 bits per heavy atom. The van der Waals surface area contributed by atoms with Gasteiger partial charge < -0.3 is 14.2 Å². The largest absolute Gasteiger partial charge is 0.464 e. The van der Waals surface area contributed by atoms with Crippen LogP contribution in [0, 0.1) is 0 Å². The predicted molar refractivity (Wildman–Crippen MR) is 93.5 cm³/mol. The van der Waals surface area contributed by atoms with Crippen LogP contribution in [-0.2, 0) is 23.8 Å². The Labute approximate surface area is 153 Å². The van der Waals surface area contributed by atoms with E-state index in [9.17, 15) is 9.59 Å². The molecule has 0 saturated carbocycles. The number of epoxide rings is 1. The van der Waals surface area contributed by atoms with Gasteiger partial charge in [0.05, 0.1) is 0 Å². The summed E-state index contributed by atoms with van der Waals surface area (Å²) in [6.45, 7) is 1.75. The number of carbonyl (C=O) groups excluding carboxylic acids is 2. The maximum Gasteiger partial charge on any atom is 0.317 e. The van der Waals surface area contributed by atoms with Crippen LogP contribution in [0.1, 0.15) is 37.7 Å². The van der Waals surface area contributed by atoms with Gasteiger partial charge in [0.1, 0.15) is 30.8 Å². The number of benzene rings is 1. The number of piperidine rings is 1. The lowest BCUT2D eigenvalue weighted by Crippen LogP contribution is -2.48. The zero-order chi connectivity index (χ0) is 18.3.